The number of sulfonamides is 1. The topological polar surface area (TPSA) is 108 Å². The second-order valence-electron chi connectivity index (χ2n) is 8.51. The Bertz CT molecular complexity index is 1360. The van der Waals surface area contributed by atoms with Crippen LogP contribution in [0.4, 0.5) is 15.9 Å². The molecule has 3 aromatic rings. The molecule has 1 amide bonds. The fourth-order valence-electron chi connectivity index (χ4n) is 4.04. The monoisotopic (exact) mass is 540 g/mol. The molecule has 1 unspecified atom stereocenters. The summed E-state index contributed by atoms with van der Waals surface area (Å²) in [5.41, 5.74) is 2.08. The smallest absolute Gasteiger partial charge is 0.246 e. The van der Waals surface area contributed by atoms with Gasteiger partial charge in [-0.3, -0.25) is 9.69 Å². The number of amides is 1. The summed E-state index contributed by atoms with van der Waals surface area (Å²) < 4.78 is 43.1. The van der Waals surface area contributed by atoms with Gasteiger partial charge in [-0.1, -0.05) is 11.6 Å². The van der Waals surface area contributed by atoms with Gasteiger partial charge in [0.2, 0.25) is 15.9 Å². The second-order valence-corrected chi connectivity index (χ2v) is 11.7. The molecule has 1 saturated heterocycles. The zero-order valence-electron chi connectivity index (χ0n) is 19.5. The van der Waals surface area contributed by atoms with Gasteiger partial charge in [0.1, 0.15) is 22.9 Å². The molecule has 1 aliphatic heterocycles. The first-order chi connectivity index (χ1) is 16.6. The van der Waals surface area contributed by atoms with Crippen molar-refractivity contribution in [2.75, 3.05) is 43.4 Å². The SMILES string of the molecule is CC(=O)Nc1cc(F)c(S(=O)(=O)N2CCN(CC(C)Nc3ncnc4c(C)csc34)CC2)cc1Cl. The number of piperazine rings is 1. The van der Waals surface area contributed by atoms with E-state index in [9.17, 15) is 17.6 Å². The van der Waals surface area contributed by atoms with E-state index in [-0.39, 0.29) is 29.8 Å². The highest BCUT2D eigenvalue weighted by Gasteiger charge is 2.32. The number of carbonyl (C=O) groups excluding carboxylic acids is 1. The largest absolute Gasteiger partial charge is 0.365 e. The second kappa shape index (κ2) is 10.3. The molecule has 0 aliphatic carbocycles. The third-order valence-corrected chi connectivity index (χ3v) is 9.05. The number of halogens is 2. The molecule has 1 atom stereocenters. The van der Waals surface area contributed by atoms with Crippen LogP contribution in [-0.2, 0) is 14.8 Å². The predicted molar refractivity (Wildman–Crippen MR) is 136 cm³/mol. The number of rotatable bonds is 7. The van der Waals surface area contributed by atoms with E-state index in [0.29, 0.717) is 19.6 Å². The molecular formula is C22H26ClFN6O3S2. The van der Waals surface area contributed by atoms with Gasteiger partial charge in [-0.05, 0) is 30.9 Å². The van der Waals surface area contributed by atoms with Crippen LogP contribution in [0.2, 0.25) is 5.02 Å². The fourth-order valence-corrected chi connectivity index (χ4v) is 6.77. The highest BCUT2D eigenvalue weighted by Crippen LogP contribution is 2.31. The lowest BCUT2D eigenvalue weighted by atomic mass is 10.2. The molecule has 3 heterocycles. The highest BCUT2D eigenvalue weighted by atomic mass is 35.5. The van der Waals surface area contributed by atoms with Crippen molar-refractivity contribution in [1.82, 2.24) is 19.2 Å². The number of benzene rings is 1. The third kappa shape index (κ3) is 5.56. The van der Waals surface area contributed by atoms with Gasteiger partial charge in [0, 0.05) is 51.8 Å². The molecule has 188 valence electrons. The molecule has 1 aliphatic rings. The van der Waals surface area contributed by atoms with E-state index < -0.39 is 26.6 Å². The standard InChI is InChI=1S/C22H26ClFN6O3S2/c1-13-11-34-21-20(13)25-12-26-22(21)27-14(2)10-29-4-6-30(7-5-29)35(32,33)19-8-16(23)18(9-17(19)24)28-15(3)31/h8-9,11-12,14H,4-7,10H2,1-3H3,(H,28,31)(H,25,26,27). The summed E-state index contributed by atoms with van der Waals surface area (Å²) in [6.45, 7) is 7.46. The summed E-state index contributed by atoms with van der Waals surface area (Å²) in [5.74, 6) is -0.605. The summed E-state index contributed by atoms with van der Waals surface area (Å²) in [6.07, 6.45) is 1.55. The van der Waals surface area contributed by atoms with Gasteiger partial charge in [-0.25, -0.2) is 22.8 Å². The van der Waals surface area contributed by atoms with Crippen LogP contribution in [0.25, 0.3) is 10.2 Å². The highest BCUT2D eigenvalue weighted by molar-refractivity contribution is 7.89. The Kier molecular flexibility index (Phi) is 7.57. The average Bonchev–Trinajstić information content (AvgIpc) is 3.18. The summed E-state index contributed by atoms with van der Waals surface area (Å²) in [5, 5.41) is 7.83. The van der Waals surface area contributed by atoms with Gasteiger partial charge in [-0.15, -0.1) is 11.3 Å². The number of nitrogens with one attached hydrogen (secondary N) is 2. The molecule has 0 bridgehead atoms. The first kappa shape index (κ1) is 25.7. The zero-order chi connectivity index (χ0) is 25.3. The van der Waals surface area contributed by atoms with E-state index >= 15 is 0 Å². The molecule has 1 aromatic carbocycles. The summed E-state index contributed by atoms with van der Waals surface area (Å²) in [6, 6.07) is 2.04. The van der Waals surface area contributed by atoms with Crippen LogP contribution in [0.3, 0.4) is 0 Å². The Balaban J connectivity index is 1.38. The van der Waals surface area contributed by atoms with Gasteiger partial charge >= 0.3 is 0 Å². The minimum absolute atomic E-state index is 0.0283. The molecule has 1 fully saturated rings. The van der Waals surface area contributed by atoms with E-state index in [1.165, 1.54) is 11.2 Å². The van der Waals surface area contributed by atoms with Crippen LogP contribution >= 0.6 is 22.9 Å². The maximum atomic E-state index is 14.7. The molecular weight excluding hydrogens is 515 g/mol. The van der Waals surface area contributed by atoms with Crippen molar-refractivity contribution in [3.63, 3.8) is 0 Å². The Hall–Kier alpha value is -2.38. The number of hydrogen-bond donors (Lipinski definition) is 2. The van der Waals surface area contributed by atoms with E-state index in [1.807, 2.05) is 13.8 Å². The normalized spacial score (nSPS) is 16.4. The van der Waals surface area contributed by atoms with E-state index in [1.54, 1.807) is 17.7 Å². The molecule has 0 radical (unpaired) electrons. The van der Waals surface area contributed by atoms with Crippen molar-refractivity contribution in [2.45, 2.75) is 31.7 Å². The molecule has 9 nitrogen and oxygen atoms in total. The number of aromatic nitrogens is 2. The number of aryl methyl sites for hydroxylation is 1. The van der Waals surface area contributed by atoms with Gasteiger partial charge in [0.15, 0.2) is 0 Å². The Labute approximate surface area is 212 Å². The first-order valence-corrected chi connectivity index (χ1v) is 13.7. The predicted octanol–water partition coefficient (Wildman–Crippen LogP) is 3.56. The molecule has 35 heavy (non-hydrogen) atoms. The number of hydrogen-bond acceptors (Lipinski definition) is 8. The lowest BCUT2D eigenvalue weighted by Crippen LogP contribution is -2.50. The average molecular weight is 541 g/mol. The quantitative estimate of drug-likeness (QED) is 0.472. The third-order valence-electron chi connectivity index (χ3n) is 5.73. The summed E-state index contributed by atoms with van der Waals surface area (Å²) in [7, 11) is -4.08. The molecule has 2 N–H and O–H groups in total. The van der Waals surface area contributed by atoms with Crippen molar-refractivity contribution < 1.29 is 17.6 Å². The van der Waals surface area contributed by atoms with Crippen molar-refractivity contribution >= 4 is 60.6 Å². The number of carbonyl (C=O) groups is 1. The maximum absolute atomic E-state index is 14.7. The van der Waals surface area contributed by atoms with Crippen molar-refractivity contribution in [1.29, 1.82) is 0 Å². The minimum Gasteiger partial charge on any atom is -0.365 e. The van der Waals surface area contributed by atoms with Crippen LogP contribution in [-0.4, -0.2) is 72.3 Å². The molecule has 0 spiro atoms. The van der Waals surface area contributed by atoms with Crippen LogP contribution in [0, 0.1) is 12.7 Å². The van der Waals surface area contributed by atoms with Gasteiger partial charge < -0.3 is 10.6 Å². The Morgan fingerprint density at radius 3 is 2.66 bits per heavy atom. The van der Waals surface area contributed by atoms with Gasteiger partial charge in [0.25, 0.3) is 0 Å². The summed E-state index contributed by atoms with van der Waals surface area (Å²) in [4.78, 5) is 21.6. The fraction of sp³-hybridized carbons (Fsp3) is 0.409. The summed E-state index contributed by atoms with van der Waals surface area (Å²) >= 11 is 7.69. The van der Waals surface area contributed by atoms with E-state index in [4.69, 9.17) is 11.6 Å². The number of thiophene rings is 1. The minimum atomic E-state index is -4.08. The van der Waals surface area contributed by atoms with E-state index in [2.05, 4.69) is 30.9 Å². The van der Waals surface area contributed by atoms with E-state index in [0.717, 1.165) is 33.7 Å². The van der Waals surface area contributed by atoms with Gasteiger partial charge in [-0.2, -0.15) is 4.31 Å². The van der Waals surface area contributed by atoms with Crippen molar-refractivity contribution in [2.24, 2.45) is 0 Å². The number of anilines is 2. The van der Waals surface area contributed by atoms with Gasteiger partial charge in [0.05, 0.1) is 20.9 Å². The molecule has 13 heteroatoms. The number of fused-ring (bicyclic) bond motifs is 1. The number of nitrogens with zero attached hydrogens (tertiary/aromatic N) is 4. The van der Waals surface area contributed by atoms with Crippen LogP contribution in [0.15, 0.2) is 28.7 Å². The van der Waals surface area contributed by atoms with Crippen molar-refractivity contribution in [3.05, 3.63) is 40.2 Å². The lowest BCUT2D eigenvalue weighted by molar-refractivity contribution is -0.114. The van der Waals surface area contributed by atoms with Crippen LogP contribution in [0.5, 0.6) is 0 Å². The first-order valence-electron chi connectivity index (χ1n) is 11.0. The van der Waals surface area contributed by atoms with Crippen LogP contribution < -0.4 is 10.6 Å². The molecule has 0 saturated carbocycles. The Morgan fingerprint density at radius 1 is 1.26 bits per heavy atom. The molecule has 4 rings (SSSR count). The Morgan fingerprint density at radius 2 is 1.97 bits per heavy atom. The van der Waals surface area contributed by atoms with Crippen molar-refractivity contribution in [3.8, 4) is 0 Å². The zero-order valence-corrected chi connectivity index (χ0v) is 21.9. The molecule has 2 aromatic heterocycles. The lowest BCUT2D eigenvalue weighted by Gasteiger charge is -2.35. The maximum Gasteiger partial charge on any atom is 0.246 e. The van der Waals surface area contributed by atoms with Crippen LogP contribution in [0.1, 0.15) is 19.4 Å².